The lowest BCUT2D eigenvalue weighted by atomic mass is 10.2. The first-order chi connectivity index (χ1) is 13.2. The van der Waals surface area contributed by atoms with Crippen LogP contribution in [0, 0.1) is 0 Å². The molecule has 0 amide bonds. The summed E-state index contributed by atoms with van der Waals surface area (Å²) in [5, 5.41) is 1.96. The molecule has 3 heterocycles. The molecule has 3 aromatic heterocycles. The second kappa shape index (κ2) is 7.89. The summed E-state index contributed by atoms with van der Waals surface area (Å²) in [4.78, 5) is 9.57. The Hall–Kier alpha value is -2.71. The Kier molecular flexibility index (Phi) is 5.17. The van der Waals surface area contributed by atoms with E-state index in [1.165, 1.54) is 0 Å². The van der Waals surface area contributed by atoms with E-state index in [4.69, 9.17) is 13.6 Å². The molecule has 0 saturated carbocycles. The summed E-state index contributed by atoms with van der Waals surface area (Å²) >= 11 is 1.55. The lowest BCUT2D eigenvalue weighted by molar-refractivity contribution is 0.415. The first kappa shape index (κ1) is 17.7. The van der Waals surface area contributed by atoms with Crippen molar-refractivity contribution in [1.82, 2.24) is 9.97 Å². The molecule has 0 aliphatic heterocycles. The molecule has 0 saturated heterocycles. The molecular weight excluding hydrogens is 384 g/mol. The predicted molar refractivity (Wildman–Crippen MR) is 104 cm³/mol. The fraction of sp³-hybridized carbons (Fsp3) is 0.158. The van der Waals surface area contributed by atoms with Crippen molar-refractivity contribution in [1.29, 1.82) is 0 Å². The minimum atomic E-state index is -1.20. The SMILES string of the molecule is COc1ccc(-c2cnc(CS(=O)Cc3coc(-c4cccs4)n3)o2)cc1. The number of benzene rings is 1. The summed E-state index contributed by atoms with van der Waals surface area (Å²) in [5.41, 5.74) is 1.54. The number of hydrogen-bond acceptors (Lipinski definition) is 7. The van der Waals surface area contributed by atoms with Gasteiger partial charge in [-0.2, -0.15) is 0 Å². The number of ether oxygens (including phenoxy) is 1. The van der Waals surface area contributed by atoms with Crippen LogP contribution in [0.4, 0.5) is 0 Å². The van der Waals surface area contributed by atoms with Crippen LogP contribution >= 0.6 is 11.3 Å². The molecule has 0 radical (unpaired) electrons. The molecule has 0 fully saturated rings. The van der Waals surface area contributed by atoms with Crippen molar-refractivity contribution in [3.05, 3.63) is 65.8 Å². The highest BCUT2D eigenvalue weighted by molar-refractivity contribution is 7.83. The van der Waals surface area contributed by atoms with Gasteiger partial charge in [0.2, 0.25) is 11.8 Å². The maximum atomic E-state index is 12.4. The van der Waals surface area contributed by atoms with Gasteiger partial charge in [0, 0.05) is 16.4 Å². The van der Waals surface area contributed by atoms with Gasteiger partial charge in [0.1, 0.15) is 17.8 Å². The number of methoxy groups -OCH3 is 1. The van der Waals surface area contributed by atoms with Crippen molar-refractivity contribution in [2.75, 3.05) is 7.11 Å². The zero-order valence-corrected chi connectivity index (χ0v) is 16.1. The minimum absolute atomic E-state index is 0.220. The van der Waals surface area contributed by atoms with E-state index in [2.05, 4.69) is 9.97 Å². The van der Waals surface area contributed by atoms with Gasteiger partial charge in [-0.25, -0.2) is 9.97 Å². The first-order valence-electron chi connectivity index (χ1n) is 8.13. The van der Waals surface area contributed by atoms with Gasteiger partial charge in [0.25, 0.3) is 0 Å². The van der Waals surface area contributed by atoms with Gasteiger partial charge in [-0.3, -0.25) is 4.21 Å². The molecule has 0 N–H and O–H groups in total. The van der Waals surface area contributed by atoms with Crippen molar-refractivity contribution in [3.63, 3.8) is 0 Å². The van der Waals surface area contributed by atoms with E-state index < -0.39 is 10.8 Å². The summed E-state index contributed by atoms with van der Waals surface area (Å²) in [7, 11) is 0.421. The van der Waals surface area contributed by atoms with Crippen molar-refractivity contribution >= 4 is 22.1 Å². The summed E-state index contributed by atoms with van der Waals surface area (Å²) in [6, 6.07) is 11.4. The second-order valence-corrected chi connectivity index (χ2v) is 8.10. The molecule has 6 nitrogen and oxygen atoms in total. The summed E-state index contributed by atoms with van der Waals surface area (Å²) in [5.74, 6) is 2.89. The summed E-state index contributed by atoms with van der Waals surface area (Å²) < 4.78 is 28.8. The Balaban J connectivity index is 1.39. The minimum Gasteiger partial charge on any atom is -0.497 e. The van der Waals surface area contributed by atoms with Gasteiger partial charge < -0.3 is 13.6 Å². The third-order valence-corrected chi connectivity index (χ3v) is 5.85. The van der Waals surface area contributed by atoms with Crippen LogP contribution in [-0.4, -0.2) is 21.3 Å². The fourth-order valence-corrected chi connectivity index (χ4v) is 4.13. The molecule has 0 aliphatic rings. The molecule has 0 aliphatic carbocycles. The number of nitrogens with zero attached hydrogens (tertiary/aromatic N) is 2. The van der Waals surface area contributed by atoms with Gasteiger partial charge in [0.05, 0.1) is 29.6 Å². The number of hydrogen-bond donors (Lipinski definition) is 0. The molecule has 8 heteroatoms. The van der Waals surface area contributed by atoms with Crippen LogP contribution in [0.1, 0.15) is 11.6 Å². The van der Waals surface area contributed by atoms with Crippen LogP contribution in [-0.2, 0) is 22.3 Å². The lowest BCUT2D eigenvalue weighted by Crippen LogP contribution is -2.00. The molecule has 1 atom stereocenters. The van der Waals surface area contributed by atoms with E-state index in [-0.39, 0.29) is 11.5 Å². The monoisotopic (exact) mass is 400 g/mol. The topological polar surface area (TPSA) is 78.4 Å². The quantitative estimate of drug-likeness (QED) is 0.454. The molecular formula is C19H16N2O4S2. The van der Waals surface area contributed by atoms with Crippen LogP contribution in [0.15, 0.2) is 63.1 Å². The van der Waals surface area contributed by atoms with E-state index in [0.29, 0.717) is 23.2 Å². The number of thiophene rings is 1. The zero-order valence-electron chi connectivity index (χ0n) is 14.5. The number of aromatic nitrogens is 2. The first-order valence-corrected chi connectivity index (χ1v) is 10.5. The predicted octanol–water partition coefficient (Wildman–Crippen LogP) is 4.52. The summed E-state index contributed by atoms with van der Waals surface area (Å²) in [6.45, 7) is 0. The van der Waals surface area contributed by atoms with Crippen molar-refractivity contribution in [3.8, 4) is 27.8 Å². The fourth-order valence-electron chi connectivity index (χ4n) is 2.51. The Morgan fingerprint density at radius 1 is 1.19 bits per heavy atom. The molecule has 1 aromatic carbocycles. The Morgan fingerprint density at radius 3 is 2.78 bits per heavy atom. The Bertz CT molecular complexity index is 1040. The molecule has 4 aromatic rings. The molecule has 1 unspecified atom stereocenters. The lowest BCUT2D eigenvalue weighted by Gasteiger charge is -2.00. The molecule has 0 bridgehead atoms. The number of oxazole rings is 2. The average molecular weight is 400 g/mol. The Labute approximate surface area is 162 Å². The van der Waals surface area contributed by atoms with Crippen LogP contribution in [0.2, 0.25) is 0 Å². The van der Waals surface area contributed by atoms with E-state index in [1.54, 1.807) is 30.9 Å². The highest BCUT2D eigenvalue weighted by Crippen LogP contribution is 2.25. The normalized spacial score (nSPS) is 12.2. The van der Waals surface area contributed by atoms with Crippen LogP contribution < -0.4 is 4.74 Å². The van der Waals surface area contributed by atoms with Crippen LogP contribution in [0.25, 0.3) is 22.1 Å². The van der Waals surface area contributed by atoms with Gasteiger partial charge in [-0.05, 0) is 35.7 Å². The maximum Gasteiger partial charge on any atom is 0.236 e. The van der Waals surface area contributed by atoms with Crippen molar-refractivity contribution < 1.29 is 17.8 Å². The van der Waals surface area contributed by atoms with Gasteiger partial charge in [-0.1, -0.05) is 6.07 Å². The van der Waals surface area contributed by atoms with Gasteiger partial charge in [0.15, 0.2) is 5.76 Å². The van der Waals surface area contributed by atoms with Crippen LogP contribution in [0.3, 0.4) is 0 Å². The molecule has 138 valence electrons. The highest BCUT2D eigenvalue weighted by Gasteiger charge is 2.14. The largest absolute Gasteiger partial charge is 0.497 e. The zero-order chi connectivity index (χ0) is 18.6. The van der Waals surface area contributed by atoms with Crippen molar-refractivity contribution in [2.45, 2.75) is 11.5 Å². The number of rotatable bonds is 7. The third kappa shape index (κ3) is 4.17. The van der Waals surface area contributed by atoms with Gasteiger partial charge >= 0.3 is 0 Å². The van der Waals surface area contributed by atoms with E-state index in [9.17, 15) is 4.21 Å². The standard InChI is InChI=1S/C19H16N2O4S2/c1-23-15-6-4-13(5-7-15)16-9-20-18(25-16)12-27(22)11-14-10-24-19(21-14)17-3-2-8-26-17/h2-10H,11-12H2,1H3. The third-order valence-electron chi connectivity index (χ3n) is 3.81. The van der Waals surface area contributed by atoms with Crippen molar-refractivity contribution in [2.24, 2.45) is 0 Å². The highest BCUT2D eigenvalue weighted by atomic mass is 32.2. The molecule has 4 rings (SSSR count). The Morgan fingerprint density at radius 2 is 2.04 bits per heavy atom. The molecule has 0 spiro atoms. The second-order valence-electron chi connectivity index (χ2n) is 5.70. The molecule has 27 heavy (non-hydrogen) atoms. The smallest absolute Gasteiger partial charge is 0.236 e. The average Bonchev–Trinajstić information content (AvgIpc) is 3.43. The summed E-state index contributed by atoms with van der Waals surface area (Å²) in [6.07, 6.45) is 3.19. The van der Waals surface area contributed by atoms with E-state index in [0.717, 1.165) is 16.2 Å². The maximum absolute atomic E-state index is 12.4. The van der Waals surface area contributed by atoms with E-state index in [1.807, 2.05) is 41.8 Å². The van der Waals surface area contributed by atoms with Crippen LogP contribution in [0.5, 0.6) is 5.75 Å². The van der Waals surface area contributed by atoms with Gasteiger partial charge in [-0.15, -0.1) is 11.3 Å². The van der Waals surface area contributed by atoms with E-state index >= 15 is 0 Å².